The van der Waals surface area contributed by atoms with Crippen molar-refractivity contribution in [3.8, 4) is 0 Å². The van der Waals surface area contributed by atoms with Crippen LogP contribution in [0, 0.1) is 18.6 Å². The van der Waals surface area contributed by atoms with Crippen LogP contribution in [0.3, 0.4) is 0 Å². The fourth-order valence-corrected chi connectivity index (χ4v) is 2.09. The highest BCUT2D eigenvalue weighted by atomic mass is 35.5. The summed E-state index contributed by atoms with van der Waals surface area (Å²) in [5, 5.41) is 15.4. The molecule has 0 aliphatic carbocycles. The van der Waals surface area contributed by atoms with Gasteiger partial charge in [-0.3, -0.25) is 0 Å². The number of aliphatic hydroxyl groups excluding tert-OH is 1. The summed E-state index contributed by atoms with van der Waals surface area (Å²) in [6.07, 6.45) is -1.16. The Hall–Kier alpha value is -2.18. The molecule has 4 nitrogen and oxygen atoms in total. The molecule has 0 spiro atoms. The molecule has 0 saturated heterocycles. The Balaban J connectivity index is 1.93. The molecule has 2 aromatic carbocycles. The summed E-state index contributed by atoms with van der Waals surface area (Å²) >= 11 is 5.86. The third-order valence-corrected chi connectivity index (χ3v) is 3.47. The number of rotatable bonds is 4. The molecule has 7 heteroatoms. The lowest BCUT2D eigenvalue weighted by Crippen LogP contribution is -2.32. The molecule has 0 aromatic heterocycles. The van der Waals surface area contributed by atoms with Crippen LogP contribution in [-0.4, -0.2) is 17.7 Å². The maximum absolute atomic E-state index is 13.1. The average molecular weight is 341 g/mol. The zero-order valence-electron chi connectivity index (χ0n) is 12.2. The number of benzene rings is 2. The van der Waals surface area contributed by atoms with Crippen LogP contribution >= 0.6 is 11.6 Å². The number of hydrogen-bond acceptors (Lipinski definition) is 2. The predicted octanol–water partition coefficient (Wildman–Crippen LogP) is 3.78. The van der Waals surface area contributed by atoms with Crippen LogP contribution in [-0.2, 0) is 0 Å². The lowest BCUT2D eigenvalue weighted by atomic mass is 10.1. The largest absolute Gasteiger partial charge is 0.387 e. The summed E-state index contributed by atoms with van der Waals surface area (Å²) in [6, 6.07) is 7.58. The number of hydrogen-bond donors (Lipinski definition) is 3. The molecule has 2 rings (SSSR count). The summed E-state index contributed by atoms with van der Waals surface area (Å²) in [7, 11) is 0. The van der Waals surface area contributed by atoms with Crippen LogP contribution in [0.15, 0.2) is 36.4 Å². The smallest absolute Gasteiger partial charge is 0.319 e. The molecule has 2 aromatic rings. The molecule has 0 saturated carbocycles. The van der Waals surface area contributed by atoms with Crippen molar-refractivity contribution in [2.75, 3.05) is 11.9 Å². The number of anilines is 1. The van der Waals surface area contributed by atoms with Crippen LogP contribution in [0.5, 0.6) is 0 Å². The molecule has 0 bridgehead atoms. The number of carbonyl (C=O) groups is 1. The Labute approximate surface area is 137 Å². The summed E-state index contributed by atoms with van der Waals surface area (Å²) in [5.41, 5.74) is 1.53. The second kappa shape index (κ2) is 7.39. The molecule has 2 amide bonds. The predicted molar refractivity (Wildman–Crippen MR) is 84.5 cm³/mol. The van der Waals surface area contributed by atoms with Crippen molar-refractivity contribution >= 4 is 23.3 Å². The number of aliphatic hydroxyl groups is 1. The van der Waals surface area contributed by atoms with Crippen molar-refractivity contribution in [3.63, 3.8) is 0 Å². The molecule has 1 atom stereocenters. The number of amides is 2. The highest BCUT2D eigenvalue weighted by Crippen LogP contribution is 2.20. The van der Waals surface area contributed by atoms with E-state index in [9.17, 15) is 18.7 Å². The summed E-state index contributed by atoms with van der Waals surface area (Å²) in [5.74, 6) is -2.05. The number of aryl methyl sites for hydroxylation is 1. The van der Waals surface area contributed by atoms with Gasteiger partial charge >= 0.3 is 6.03 Å². The Morgan fingerprint density at radius 1 is 1.22 bits per heavy atom. The minimum Gasteiger partial charge on any atom is -0.387 e. The highest BCUT2D eigenvalue weighted by molar-refractivity contribution is 6.31. The van der Waals surface area contributed by atoms with Crippen LogP contribution in [0.1, 0.15) is 17.2 Å². The highest BCUT2D eigenvalue weighted by Gasteiger charge is 2.12. The number of halogens is 3. The minimum atomic E-state index is -1.16. The minimum absolute atomic E-state index is 0.156. The van der Waals surface area contributed by atoms with Crippen LogP contribution in [0.4, 0.5) is 19.3 Å². The fraction of sp³-hybridized carbons (Fsp3) is 0.188. The van der Waals surface area contributed by atoms with E-state index in [1.54, 1.807) is 18.2 Å². The van der Waals surface area contributed by atoms with Crippen molar-refractivity contribution < 1.29 is 18.7 Å². The van der Waals surface area contributed by atoms with Crippen molar-refractivity contribution in [2.45, 2.75) is 13.0 Å². The molecule has 0 aliphatic rings. The number of urea groups is 1. The van der Waals surface area contributed by atoms with Crippen molar-refractivity contribution in [1.82, 2.24) is 5.32 Å². The van der Waals surface area contributed by atoms with Gasteiger partial charge in [0.25, 0.3) is 0 Å². The lowest BCUT2D eigenvalue weighted by Gasteiger charge is -2.14. The molecule has 23 heavy (non-hydrogen) atoms. The normalized spacial score (nSPS) is 11.9. The zero-order valence-corrected chi connectivity index (χ0v) is 13.0. The third kappa shape index (κ3) is 4.64. The Morgan fingerprint density at radius 2 is 1.96 bits per heavy atom. The first-order valence-corrected chi connectivity index (χ1v) is 7.18. The average Bonchev–Trinajstić information content (AvgIpc) is 2.51. The van der Waals surface area contributed by atoms with Gasteiger partial charge in [0.1, 0.15) is 0 Å². The molecule has 3 N–H and O–H groups in total. The van der Waals surface area contributed by atoms with E-state index in [0.717, 1.165) is 17.7 Å². The van der Waals surface area contributed by atoms with Gasteiger partial charge in [-0.05, 0) is 42.3 Å². The van der Waals surface area contributed by atoms with E-state index in [4.69, 9.17) is 11.6 Å². The Morgan fingerprint density at radius 3 is 2.65 bits per heavy atom. The standard InChI is InChI=1S/C16H15ClF2N2O2/c1-9-2-4-11(17)7-14(9)21-16(23)20-8-15(22)10-3-5-12(18)13(19)6-10/h2-7,15,22H,8H2,1H3,(H2,20,21,23)/t15-/m0/s1. The van der Waals surface area contributed by atoms with Gasteiger partial charge in [-0.15, -0.1) is 0 Å². The van der Waals surface area contributed by atoms with Gasteiger partial charge in [-0.25, -0.2) is 13.6 Å². The van der Waals surface area contributed by atoms with Crippen molar-refractivity contribution in [2.24, 2.45) is 0 Å². The third-order valence-electron chi connectivity index (χ3n) is 3.23. The molecule has 0 radical (unpaired) electrons. The van der Waals surface area contributed by atoms with Crippen molar-refractivity contribution in [3.05, 3.63) is 64.2 Å². The second-order valence-electron chi connectivity index (χ2n) is 4.98. The maximum atomic E-state index is 13.1. The summed E-state index contributed by atoms with van der Waals surface area (Å²) < 4.78 is 26.0. The molecule has 122 valence electrons. The van der Waals surface area contributed by atoms with Gasteiger partial charge in [-0.2, -0.15) is 0 Å². The molecular weight excluding hydrogens is 326 g/mol. The topological polar surface area (TPSA) is 61.4 Å². The van der Waals surface area contributed by atoms with Crippen LogP contribution < -0.4 is 10.6 Å². The van der Waals surface area contributed by atoms with E-state index in [1.165, 1.54) is 6.07 Å². The molecule has 0 heterocycles. The van der Waals surface area contributed by atoms with E-state index < -0.39 is 23.8 Å². The number of nitrogens with one attached hydrogen (secondary N) is 2. The van der Waals surface area contributed by atoms with E-state index in [1.807, 2.05) is 6.92 Å². The van der Waals surface area contributed by atoms with Gasteiger partial charge < -0.3 is 15.7 Å². The zero-order chi connectivity index (χ0) is 17.0. The summed E-state index contributed by atoms with van der Waals surface area (Å²) in [4.78, 5) is 11.8. The Kier molecular flexibility index (Phi) is 5.52. The van der Waals surface area contributed by atoms with Gasteiger partial charge in [0.05, 0.1) is 6.10 Å². The van der Waals surface area contributed by atoms with E-state index in [0.29, 0.717) is 10.7 Å². The molecular formula is C16H15ClF2N2O2. The van der Waals surface area contributed by atoms with Gasteiger partial charge in [0.2, 0.25) is 0 Å². The maximum Gasteiger partial charge on any atom is 0.319 e. The fourth-order valence-electron chi connectivity index (χ4n) is 1.92. The van der Waals surface area contributed by atoms with E-state index in [2.05, 4.69) is 10.6 Å². The van der Waals surface area contributed by atoms with E-state index in [-0.39, 0.29) is 12.1 Å². The quantitative estimate of drug-likeness (QED) is 0.793. The first-order chi connectivity index (χ1) is 10.9. The van der Waals surface area contributed by atoms with Crippen molar-refractivity contribution in [1.29, 1.82) is 0 Å². The van der Waals surface area contributed by atoms with E-state index >= 15 is 0 Å². The first-order valence-electron chi connectivity index (χ1n) is 6.81. The first kappa shape index (κ1) is 17.2. The molecule has 0 aliphatic heterocycles. The van der Waals surface area contributed by atoms with Crippen LogP contribution in [0.25, 0.3) is 0 Å². The SMILES string of the molecule is Cc1ccc(Cl)cc1NC(=O)NC[C@H](O)c1ccc(F)c(F)c1. The molecule has 0 fully saturated rings. The molecule has 0 unspecified atom stereocenters. The lowest BCUT2D eigenvalue weighted by molar-refractivity contribution is 0.174. The monoisotopic (exact) mass is 340 g/mol. The van der Waals surface area contributed by atoms with Gasteiger partial charge in [-0.1, -0.05) is 23.7 Å². The van der Waals surface area contributed by atoms with Crippen LogP contribution in [0.2, 0.25) is 5.02 Å². The van der Waals surface area contributed by atoms with Gasteiger partial charge in [0, 0.05) is 17.3 Å². The number of carbonyl (C=O) groups excluding carboxylic acids is 1. The Bertz CT molecular complexity index is 725. The van der Waals surface area contributed by atoms with Gasteiger partial charge in [0.15, 0.2) is 11.6 Å². The second-order valence-corrected chi connectivity index (χ2v) is 5.42. The summed E-state index contributed by atoms with van der Waals surface area (Å²) in [6.45, 7) is 1.65.